The summed E-state index contributed by atoms with van der Waals surface area (Å²) >= 11 is 0. The number of benzene rings is 1. The number of methoxy groups -OCH3 is 1. The van der Waals surface area contributed by atoms with E-state index in [9.17, 15) is 4.79 Å². The van der Waals surface area contributed by atoms with E-state index in [2.05, 4.69) is 6.08 Å². The van der Waals surface area contributed by atoms with E-state index in [-0.39, 0.29) is 5.78 Å². The molecule has 0 aromatic heterocycles. The Hall–Kier alpha value is -1.57. The molecule has 0 aliphatic heterocycles. The molecule has 2 rings (SSSR count). The number of ether oxygens (including phenoxy) is 1. The summed E-state index contributed by atoms with van der Waals surface area (Å²) in [6.45, 7) is 0. The van der Waals surface area contributed by atoms with Gasteiger partial charge in [-0.1, -0.05) is 30.7 Å². The van der Waals surface area contributed by atoms with Gasteiger partial charge in [-0.2, -0.15) is 0 Å². The predicted octanol–water partition coefficient (Wildman–Crippen LogP) is 3.70. The summed E-state index contributed by atoms with van der Waals surface area (Å²) in [4.78, 5) is 12.3. The van der Waals surface area contributed by atoms with E-state index in [1.54, 1.807) is 7.11 Å². The SMILES string of the molecule is COc1ccccc1CC(=O)C1=CCCCCC1. The van der Waals surface area contributed by atoms with Crippen molar-refractivity contribution in [3.63, 3.8) is 0 Å². The van der Waals surface area contributed by atoms with Crippen molar-refractivity contribution in [1.29, 1.82) is 0 Å². The smallest absolute Gasteiger partial charge is 0.163 e. The van der Waals surface area contributed by atoms with E-state index in [0.717, 1.165) is 36.1 Å². The first-order valence-electron chi connectivity index (χ1n) is 6.65. The molecule has 1 aromatic rings. The molecule has 1 aromatic carbocycles. The molecule has 0 amide bonds. The van der Waals surface area contributed by atoms with E-state index in [4.69, 9.17) is 4.74 Å². The van der Waals surface area contributed by atoms with Gasteiger partial charge in [-0.3, -0.25) is 4.79 Å². The molecule has 0 spiro atoms. The monoisotopic (exact) mass is 244 g/mol. The zero-order valence-corrected chi connectivity index (χ0v) is 10.9. The maximum atomic E-state index is 12.3. The highest BCUT2D eigenvalue weighted by atomic mass is 16.5. The quantitative estimate of drug-likeness (QED) is 0.807. The molecule has 2 heteroatoms. The third kappa shape index (κ3) is 3.22. The Morgan fingerprint density at radius 3 is 2.89 bits per heavy atom. The zero-order chi connectivity index (χ0) is 12.8. The molecular weight excluding hydrogens is 224 g/mol. The minimum Gasteiger partial charge on any atom is -0.496 e. The number of Topliss-reactive ketones (excluding diaryl/α,β-unsaturated/α-hetero) is 1. The van der Waals surface area contributed by atoms with Crippen molar-refractivity contribution in [1.82, 2.24) is 0 Å². The van der Waals surface area contributed by atoms with Crippen LogP contribution in [0.25, 0.3) is 0 Å². The first kappa shape index (κ1) is 12.9. The van der Waals surface area contributed by atoms with Gasteiger partial charge in [0, 0.05) is 12.0 Å². The van der Waals surface area contributed by atoms with Gasteiger partial charge in [0.05, 0.1) is 7.11 Å². The summed E-state index contributed by atoms with van der Waals surface area (Å²) in [5.41, 5.74) is 1.99. The summed E-state index contributed by atoms with van der Waals surface area (Å²) in [5.74, 6) is 1.06. The van der Waals surface area contributed by atoms with Crippen molar-refractivity contribution < 1.29 is 9.53 Å². The first-order chi connectivity index (χ1) is 8.81. The van der Waals surface area contributed by atoms with Crippen LogP contribution in [0.3, 0.4) is 0 Å². The third-order valence-corrected chi connectivity index (χ3v) is 3.44. The number of hydrogen-bond acceptors (Lipinski definition) is 2. The van der Waals surface area contributed by atoms with Crippen molar-refractivity contribution in [2.24, 2.45) is 0 Å². The molecule has 0 atom stereocenters. The molecule has 18 heavy (non-hydrogen) atoms. The van der Waals surface area contributed by atoms with Crippen LogP contribution in [0.5, 0.6) is 5.75 Å². The number of para-hydroxylation sites is 1. The average molecular weight is 244 g/mol. The van der Waals surface area contributed by atoms with Crippen LogP contribution in [-0.2, 0) is 11.2 Å². The normalized spacial score (nSPS) is 15.7. The second kappa shape index (κ2) is 6.39. The number of carbonyl (C=O) groups excluding carboxylic acids is 1. The lowest BCUT2D eigenvalue weighted by Crippen LogP contribution is -2.07. The molecule has 0 saturated carbocycles. The van der Waals surface area contributed by atoms with E-state index >= 15 is 0 Å². The molecule has 2 nitrogen and oxygen atoms in total. The summed E-state index contributed by atoms with van der Waals surface area (Å²) in [5, 5.41) is 0. The van der Waals surface area contributed by atoms with Gasteiger partial charge < -0.3 is 4.74 Å². The molecule has 96 valence electrons. The van der Waals surface area contributed by atoms with E-state index < -0.39 is 0 Å². The predicted molar refractivity (Wildman–Crippen MR) is 72.9 cm³/mol. The Morgan fingerprint density at radius 1 is 1.22 bits per heavy atom. The number of ketones is 1. The highest BCUT2D eigenvalue weighted by Gasteiger charge is 2.14. The highest BCUT2D eigenvalue weighted by Crippen LogP contribution is 2.22. The Morgan fingerprint density at radius 2 is 2.06 bits per heavy atom. The second-order valence-corrected chi connectivity index (χ2v) is 4.74. The van der Waals surface area contributed by atoms with E-state index in [1.165, 1.54) is 12.8 Å². The summed E-state index contributed by atoms with van der Waals surface area (Å²) in [6.07, 6.45) is 8.17. The number of hydrogen-bond donors (Lipinski definition) is 0. The summed E-state index contributed by atoms with van der Waals surface area (Å²) < 4.78 is 5.29. The average Bonchev–Trinajstić information content (AvgIpc) is 2.68. The fourth-order valence-electron chi connectivity index (χ4n) is 2.40. The lowest BCUT2D eigenvalue weighted by molar-refractivity contribution is -0.115. The molecule has 0 unspecified atom stereocenters. The molecule has 0 heterocycles. The largest absolute Gasteiger partial charge is 0.496 e. The van der Waals surface area contributed by atoms with Crippen LogP contribution < -0.4 is 4.74 Å². The maximum Gasteiger partial charge on any atom is 0.163 e. The maximum absolute atomic E-state index is 12.3. The van der Waals surface area contributed by atoms with Gasteiger partial charge in [0.2, 0.25) is 0 Å². The number of carbonyl (C=O) groups is 1. The van der Waals surface area contributed by atoms with Crippen LogP contribution in [0, 0.1) is 0 Å². The Kier molecular flexibility index (Phi) is 4.57. The van der Waals surface area contributed by atoms with Gasteiger partial charge in [-0.05, 0) is 37.3 Å². The lowest BCUT2D eigenvalue weighted by Gasteiger charge is -2.08. The Labute approximate surface area is 109 Å². The Bertz CT molecular complexity index is 446. The molecule has 0 bridgehead atoms. The Balaban J connectivity index is 2.08. The van der Waals surface area contributed by atoms with Crippen LogP contribution >= 0.6 is 0 Å². The van der Waals surface area contributed by atoms with Gasteiger partial charge in [0.25, 0.3) is 0 Å². The third-order valence-electron chi connectivity index (χ3n) is 3.44. The fourth-order valence-corrected chi connectivity index (χ4v) is 2.40. The first-order valence-corrected chi connectivity index (χ1v) is 6.65. The standard InChI is InChI=1S/C16H20O2/c1-18-16-11-7-6-10-14(16)12-15(17)13-8-4-2-3-5-9-13/h6-8,10-11H,2-5,9,12H2,1H3. The van der Waals surface area contributed by atoms with Gasteiger partial charge in [0.1, 0.15) is 5.75 Å². The summed E-state index contributed by atoms with van der Waals surface area (Å²) in [7, 11) is 1.65. The van der Waals surface area contributed by atoms with Crippen LogP contribution in [0.4, 0.5) is 0 Å². The van der Waals surface area contributed by atoms with Crippen molar-refractivity contribution in [2.75, 3.05) is 7.11 Å². The highest BCUT2D eigenvalue weighted by molar-refractivity contribution is 5.97. The minimum atomic E-state index is 0.251. The zero-order valence-electron chi connectivity index (χ0n) is 10.9. The van der Waals surface area contributed by atoms with Crippen molar-refractivity contribution in [2.45, 2.75) is 38.5 Å². The van der Waals surface area contributed by atoms with Gasteiger partial charge in [0.15, 0.2) is 5.78 Å². The van der Waals surface area contributed by atoms with Crippen LogP contribution in [0.1, 0.15) is 37.7 Å². The second-order valence-electron chi connectivity index (χ2n) is 4.74. The van der Waals surface area contributed by atoms with E-state index in [1.807, 2.05) is 24.3 Å². The van der Waals surface area contributed by atoms with Crippen molar-refractivity contribution in [3.05, 3.63) is 41.5 Å². The van der Waals surface area contributed by atoms with Gasteiger partial charge in [-0.15, -0.1) is 0 Å². The lowest BCUT2D eigenvalue weighted by atomic mass is 9.99. The molecule has 0 saturated heterocycles. The van der Waals surface area contributed by atoms with Crippen LogP contribution in [0.15, 0.2) is 35.9 Å². The number of rotatable bonds is 4. The molecule has 0 fully saturated rings. The number of allylic oxidation sites excluding steroid dienone is 2. The molecule has 0 radical (unpaired) electrons. The fraction of sp³-hybridized carbons (Fsp3) is 0.438. The molecule has 1 aliphatic carbocycles. The summed E-state index contributed by atoms with van der Waals surface area (Å²) in [6, 6.07) is 7.75. The molecule has 1 aliphatic rings. The van der Waals surface area contributed by atoms with E-state index in [0.29, 0.717) is 6.42 Å². The van der Waals surface area contributed by atoms with Gasteiger partial charge in [-0.25, -0.2) is 0 Å². The molecule has 0 N–H and O–H groups in total. The van der Waals surface area contributed by atoms with Gasteiger partial charge >= 0.3 is 0 Å². The van der Waals surface area contributed by atoms with Crippen LogP contribution in [-0.4, -0.2) is 12.9 Å². The topological polar surface area (TPSA) is 26.3 Å². The van der Waals surface area contributed by atoms with Crippen LogP contribution in [0.2, 0.25) is 0 Å². The minimum absolute atomic E-state index is 0.251. The van der Waals surface area contributed by atoms with Crippen molar-refractivity contribution in [3.8, 4) is 5.75 Å². The molecular formula is C16H20O2. The van der Waals surface area contributed by atoms with Crippen molar-refractivity contribution >= 4 is 5.78 Å².